The molecule has 0 bridgehead atoms. The van der Waals surface area contributed by atoms with Gasteiger partial charge in [0.25, 0.3) is 6.43 Å². The molecule has 1 aromatic carbocycles. The van der Waals surface area contributed by atoms with Crippen LogP contribution in [-0.2, 0) is 6.54 Å². The standard InChI is InChI=1S/C18H21F2N3/c19-18(20)15-2-1-3-17(12-15)22-16-6-10-23(11-7-16)13-14-4-8-21-9-5-14/h1-5,8-9,12,16,18,22H,6-7,10-11,13H2. The molecule has 1 fully saturated rings. The molecule has 1 aliphatic rings. The lowest BCUT2D eigenvalue weighted by Crippen LogP contribution is -2.38. The van der Waals surface area contributed by atoms with Crippen LogP contribution in [0.25, 0.3) is 0 Å². The maximum atomic E-state index is 12.7. The summed E-state index contributed by atoms with van der Waals surface area (Å²) in [4.78, 5) is 6.45. The van der Waals surface area contributed by atoms with Crippen molar-refractivity contribution in [3.05, 3.63) is 59.9 Å². The summed E-state index contributed by atoms with van der Waals surface area (Å²) in [6.07, 6.45) is 3.26. The Kier molecular flexibility index (Phi) is 5.18. The summed E-state index contributed by atoms with van der Waals surface area (Å²) >= 11 is 0. The normalized spacial score (nSPS) is 16.7. The topological polar surface area (TPSA) is 28.2 Å². The summed E-state index contributed by atoms with van der Waals surface area (Å²) in [6.45, 7) is 2.96. The fourth-order valence-electron chi connectivity index (χ4n) is 2.98. The molecule has 122 valence electrons. The molecule has 23 heavy (non-hydrogen) atoms. The van der Waals surface area contributed by atoms with Crippen LogP contribution in [0, 0.1) is 0 Å². The van der Waals surface area contributed by atoms with E-state index in [2.05, 4.69) is 15.2 Å². The van der Waals surface area contributed by atoms with Gasteiger partial charge in [0.1, 0.15) is 0 Å². The highest BCUT2D eigenvalue weighted by Gasteiger charge is 2.19. The number of aromatic nitrogens is 1. The van der Waals surface area contributed by atoms with Crippen molar-refractivity contribution in [2.75, 3.05) is 18.4 Å². The minimum atomic E-state index is -2.42. The first-order valence-corrected chi connectivity index (χ1v) is 7.96. The summed E-state index contributed by atoms with van der Waals surface area (Å²) in [5, 5.41) is 3.39. The number of anilines is 1. The van der Waals surface area contributed by atoms with Crippen molar-refractivity contribution in [3.8, 4) is 0 Å². The molecule has 0 radical (unpaired) electrons. The van der Waals surface area contributed by atoms with Gasteiger partial charge < -0.3 is 5.32 Å². The summed E-state index contributed by atoms with van der Waals surface area (Å²) in [6, 6.07) is 11.0. The van der Waals surface area contributed by atoms with E-state index in [9.17, 15) is 8.78 Å². The largest absolute Gasteiger partial charge is 0.382 e. The van der Waals surface area contributed by atoms with Gasteiger partial charge in [0, 0.05) is 49.3 Å². The van der Waals surface area contributed by atoms with Gasteiger partial charge in [-0.1, -0.05) is 12.1 Å². The second-order valence-electron chi connectivity index (χ2n) is 5.98. The van der Waals surface area contributed by atoms with Gasteiger partial charge in [-0.05, 0) is 42.7 Å². The van der Waals surface area contributed by atoms with Crippen molar-refractivity contribution in [3.63, 3.8) is 0 Å². The zero-order valence-corrected chi connectivity index (χ0v) is 13.0. The van der Waals surface area contributed by atoms with Crippen molar-refractivity contribution in [2.24, 2.45) is 0 Å². The molecule has 0 atom stereocenters. The molecule has 0 saturated carbocycles. The van der Waals surface area contributed by atoms with Crippen LogP contribution in [0.15, 0.2) is 48.8 Å². The summed E-state index contributed by atoms with van der Waals surface area (Å²) in [5.74, 6) is 0. The van der Waals surface area contributed by atoms with Crippen LogP contribution in [0.3, 0.4) is 0 Å². The lowest BCUT2D eigenvalue weighted by Gasteiger charge is -2.33. The first-order valence-electron chi connectivity index (χ1n) is 7.96. The molecule has 0 aliphatic carbocycles. The summed E-state index contributed by atoms with van der Waals surface area (Å²) in [7, 11) is 0. The molecule has 0 spiro atoms. The van der Waals surface area contributed by atoms with Crippen LogP contribution >= 0.6 is 0 Å². The van der Waals surface area contributed by atoms with Gasteiger partial charge in [0.2, 0.25) is 0 Å². The third-order valence-electron chi connectivity index (χ3n) is 4.25. The highest BCUT2D eigenvalue weighted by atomic mass is 19.3. The number of nitrogens with one attached hydrogen (secondary N) is 1. The lowest BCUT2D eigenvalue weighted by atomic mass is 10.0. The molecular formula is C18H21F2N3. The first-order chi connectivity index (χ1) is 11.2. The monoisotopic (exact) mass is 317 g/mol. The van der Waals surface area contributed by atoms with E-state index in [0.29, 0.717) is 6.04 Å². The number of halogens is 2. The molecule has 0 amide bonds. The van der Waals surface area contributed by atoms with Crippen LogP contribution in [0.5, 0.6) is 0 Å². The van der Waals surface area contributed by atoms with Gasteiger partial charge in [-0.15, -0.1) is 0 Å². The van der Waals surface area contributed by atoms with Gasteiger partial charge >= 0.3 is 0 Å². The number of benzene rings is 1. The second kappa shape index (κ2) is 7.51. The molecule has 1 aromatic heterocycles. The minimum Gasteiger partial charge on any atom is -0.382 e. The SMILES string of the molecule is FC(F)c1cccc(NC2CCN(Cc3ccncc3)CC2)c1. The Morgan fingerprint density at radius 1 is 1.13 bits per heavy atom. The van der Waals surface area contributed by atoms with Crippen LogP contribution in [0.2, 0.25) is 0 Å². The predicted octanol–water partition coefficient (Wildman–Crippen LogP) is 4.10. The molecule has 3 nitrogen and oxygen atoms in total. The van der Waals surface area contributed by atoms with E-state index in [1.54, 1.807) is 12.1 Å². The number of alkyl halides is 2. The Hall–Kier alpha value is -2.01. The molecule has 1 saturated heterocycles. The molecule has 5 heteroatoms. The summed E-state index contributed by atoms with van der Waals surface area (Å²) < 4.78 is 25.5. The van der Waals surface area contributed by atoms with Crippen LogP contribution in [0.1, 0.15) is 30.4 Å². The van der Waals surface area contributed by atoms with E-state index < -0.39 is 6.43 Å². The highest BCUT2D eigenvalue weighted by Crippen LogP contribution is 2.23. The number of hydrogen-bond donors (Lipinski definition) is 1. The number of nitrogens with zero attached hydrogens (tertiary/aromatic N) is 2. The molecule has 2 heterocycles. The lowest BCUT2D eigenvalue weighted by molar-refractivity contribution is 0.151. The first kappa shape index (κ1) is 15.9. The maximum absolute atomic E-state index is 12.7. The van der Waals surface area contributed by atoms with Gasteiger partial charge in [0.05, 0.1) is 0 Å². The number of rotatable bonds is 5. The summed E-state index contributed by atoms with van der Waals surface area (Å²) in [5.41, 5.74) is 2.14. The Balaban J connectivity index is 1.50. The Morgan fingerprint density at radius 2 is 1.87 bits per heavy atom. The van der Waals surface area contributed by atoms with Gasteiger partial charge in [-0.2, -0.15) is 0 Å². The quantitative estimate of drug-likeness (QED) is 0.900. The second-order valence-corrected chi connectivity index (χ2v) is 5.98. The number of pyridine rings is 1. The van der Waals surface area contributed by atoms with Gasteiger partial charge in [-0.25, -0.2) is 8.78 Å². The zero-order chi connectivity index (χ0) is 16.1. The fraction of sp³-hybridized carbons (Fsp3) is 0.389. The maximum Gasteiger partial charge on any atom is 0.263 e. The van der Waals surface area contributed by atoms with Gasteiger partial charge in [-0.3, -0.25) is 9.88 Å². The molecule has 0 unspecified atom stereocenters. The highest BCUT2D eigenvalue weighted by molar-refractivity contribution is 5.46. The van der Waals surface area contributed by atoms with Crippen LogP contribution in [0.4, 0.5) is 14.5 Å². The van der Waals surface area contributed by atoms with Crippen molar-refractivity contribution in [2.45, 2.75) is 31.9 Å². The van der Waals surface area contributed by atoms with E-state index in [0.717, 1.165) is 38.2 Å². The smallest absolute Gasteiger partial charge is 0.263 e. The Morgan fingerprint density at radius 3 is 2.57 bits per heavy atom. The third kappa shape index (κ3) is 4.48. The van der Waals surface area contributed by atoms with Crippen molar-refractivity contribution in [1.82, 2.24) is 9.88 Å². The van der Waals surface area contributed by atoms with Crippen LogP contribution in [-0.4, -0.2) is 29.0 Å². The molecule has 1 N–H and O–H groups in total. The molecule has 2 aromatic rings. The van der Waals surface area contributed by atoms with E-state index in [1.807, 2.05) is 30.6 Å². The molecular weight excluding hydrogens is 296 g/mol. The molecule has 1 aliphatic heterocycles. The van der Waals surface area contributed by atoms with Crippen molar-refractivity contribution in [1.29, 1.82) is 0 Å². The van der Waals surface area contributed by atoms with E-state index in [1.165, 1.54) is 11.6 Å². The van der Waals surface area contributed by atoms with E-state index in [-0.39, 0.29) is 5.56 Å². The van der Waals surface area contributed by atoms with Crippen LogP contribution < -0.4 is 5.32 Å². The fourth-order valence-corrected chi connectivity index (χ4v) is 2.98. The third-order valence-corrected chi connectivity index (χ3v) is 4.25. The van der Waals surface area contributed by atoms with Crippen molar-refractivity contribution >= 4 is 5.69 Å². The Labute approximate surface area is 135 Å². The molecule has 3 rings (SSSR count). The number of hydrogen-bond acceptors (Lipinski definition) is 3. The van der Waals surface area contributed by atoms with E-state index in [4.69, 9.17) is 0 Å². The number of likely N-dealkylation sites (tertiary alicyclic amines) is 1. The average molecular weight is 317 g/mol. The van der Waals surface area contributed by atoms with Crippen molar-refractivity contribution < 1.29 is 8.78 Å². The number of piperidine rings is 1. The average Bonchev–Trinajstić information content (AvgIpc) is 2.58. The van der Waals surface area contributed by atoms with E-state index >= 15 is 0 Å². The Bertz CT molecular complexity index is 611. The zero-order valence-electron chi connectivity index (χ0n) is 13.0. The van der Waals surface area contributed by atoms with Gasteiger partial charge in [0.15, 0.2) is 0 Å². The predicted molar refractivity (Wildman–Crippen MR) is 87.6 cm³/mol. The minimum absolute atomic E-state index is 0.0742.